The first-order chi connectivity index (χ1) is 10.5. The maximum atomic E-state index is 12.3. The standard InChI is InChI=1S/C18H25NO4/c1-17(2,3)23-16(22)19-9-8-13-10-12(6-7-14(13)19)11-18(4,5)15(20)21/h6-7,10H,8-9,11H2,1-5H3,(H,20,21). The van der Waals surface area contributed by atoms with Gasteiger partial charge in [-0.25, -0.2) is 4.79 Å². The summed E-state index contributed by atoms with van der Waals surface area (Å²) in [5, 5.41) is 9.25. The van der Waals surface area contributed by atoms with Gasteiger partial charge in [-0.1, -0.05) is 12.1 Å². The zero-order valence-corrected chi connectivity index (χ0v) is 14.5. The van der Waals surface area contributed by atoms with Gasteiger partial charge in [-0.2, -0.15) is 0 Å². The summed E-state index contributed by atoms with van der Waals surface area (Å²) in [5.41, 5.74) is 1.57. The van der Waals surface area contributed by atoms with Crippen molar-refractivity contribution in [3.05, 3.63) is 29.3 Å². The van der Waals surface area contributed by atoms with Crippen LogP contribution < -0.4 is 4.90 Å². The van der Waals surface area contributed by atoms with E-state index in [0.29, 0.717) is 13.0 Å². The SMILES string of the molecule is CC(C)(C)OC(=O)N1CCc2cc(CC(C)(C)C(=O)O)ccc21. The highest BCUT2D eigenvalue weighted by Crippen LogP contribution is 2.32. The molecule has 5 nitrogen and oxygen atoms in total. The van der Waals surface area contributed by atoms with Crippen LogP contribution >= 0.6 is 0 Å². The molecular formula is C18H25NO4. The van der Waals surface area contributed by atoms with Crippen molar-refractivity contribution in [3.8, 4) is 0 Å². The molecule has 0 atom stereocenters. The summed E-state index contributed by atoms with van der Waals surface area (Å²) in [4.78, 5) is 25.2. The molecule has 0 unspecified atom stereocenters. The third-order valence-electron chi connectivity index (χ3n) is 3.88. The number of aliphatic carboxylic acids is 1. The van der Waals surface area contributed by atoms with Crippen LogP contribution in [0.4, 0.5) is 10.5 Å². The number of carbonyl (C=O) groups is 2. The molecule has 0 fully saturated rings. The average molecular weight is 319 g/mol. The molecule has 1 aromatic rings. The Morgan fingerprint density at radius 1 is 1.22 bits per heavy atom. The maximum Gasteiger partial charge on any atom is 0.414 e. The molecule has 0 aromatic heterocycles. The molecule has 1 amide bonds. The van der Waals surface area contributed by atoms with E-state index >= 15 is 0 Å². The third-order valence-corrected chi connectivity index (χ3v) is 3.88. The molecule has 5 heteroatoms. The summed E-state index contributed by atoms with van der Waals surface area (Å²) in [6.07, 6.45) is 0.882. The van der Waals surface area contributed by atoms with Crippen molar-refractivity contribution >= 4 is 17.7 Å². The molecule has 0 saturated carbocycles. The van der Waals surface area contributed by atoms with Gasteiger partial charge in [-0.15, -0.1) is 0 Å². The Labute approximate surface area is 137 Å². The van der Waals surface area contributed by atoms with Gasteiger partial charge < -0.3 is 9.84 Å². The molecule has 1 aliphatic rings. The molecule has 0 bridgehead atoms. The highest BCUT2D eigenvalue weighted by molar-refractivity contribution is 5.90. The molecule has 23 heavy (non-hydrogen) atoms. The van der Waals surface area contributed by atoms with Gasteiger partial charge in [0.15, 0.2) is 0 Å². The van der Waals surface area contributed by atoms with Gasteiger partial charge in [0.25, 0.3) is 0 Å². The minimum absolute atomic E-state index is 0.338. The fourth-order valence-corrected chi connectivity index (χ4v) is 2.66. The minimum Gasteiger partial charge on any atom is -0.481 e. The summed E-state index contributed by atoms with van der Waals surface area (Å²) in [5.74, 6) is -0.812. The Hall–Kier alpha value is -2.04. The molecule has 2 rings (SSSR count). The van der Waals surface area contributed by atoms with Gasteiger partial charge in [0.2, 0.25) is 0 Å². The van der Waals surface area contributed by atoms with Crippen LogP contribution in [0.5, 0.6) is 0 Å². The van der Waals surface area contributed by atoms with Crippen molar-refractivity contribution in [1.29, 1.82) is 0 Å². The second-order valence-corrected chi connectivity index (χ2v) is 7.71. The van der Waals surface area contributed by atoms with Crippen LogP contribution in [-0.2, 0) is 22.4 Å². The lowest BCUT2D eigenvalue weighted by molar-refractivity contribution is -0.146. The second-order valence-electron chi connectivity index (χ2n) is 7.71. The van der Waals surface area contributed by atoms with Crippen molar-refractivity contribution in [2.75, 3.05) is 11.4 Å². The molecule has 0 radical (unpaired) electrons. The van der Waals surface area contributed by atoms with Crippen molar-refractivity contribution in [3.63, 3.8) is 0 Å². The van der Waals surface area contributed by atoms with Crippen LogP contribution in [0.15, 0.2) is 18.2 Å². The molecule has 1 N–H and O–H groups in total. The van der Waals surface area contributed by atoms with Gasteiger partial charge in [-0.3, -0.25) is 9.69 Å². The number of carboxylic acid groups (broad SMARTS) is 1. The monoisotopic (exact) mass is 319 g/mol. The topological polar surface area (TPSA) is 66.8 Å². The summed E-state index contributed by atoms with van der Waals surface area (Å²) in [6.45, 7) is 9.57. The number of anilines is 1. The zero-order chi connectivity index (χ0) is 17.4. The molecule has 1 heterocycles. The number of carbonyl (C=O) groups excluding carboxylic acids is 1. The van der Waals surface area contributed by atoms with E-state index in [1.807, 2.05) is 39.0 Å². The largest absolute Gasteiger partial charge is 0.481 e. The number of ether oxygens (including phenoxy) is 1. The van der Waals surface area contributed by atoms with Gasteiger partial charge >= 0.3 is 12.1 Å². The number of hydrogen-bond acceptors (Lipinski definition) is 3. The van der Waals surface area contributed by atoms with Gasteiger partial charge in [0.1, 0.15) is 5.60 Å². The van der Waals surface area contributed by atoms with Crippen LogP contribution in [0, 0.1) is 5.41 Å². The van der Waals surface area contributed by atoms with Crippen LogP contribution in [0.3, 0.4) is 0 Å². The zero-order valence-electron chi connectivity index (χ0n) is 14.5. The van der Waals surface area contributed by atoms with E-state index in [4.69, 9.17) is 4.74 Å². The van der Waals surface area contributed by atoms with Crippen molar-refractivity contribution in [2.24, 2.45) is 5.41 Å². The van der Waals surface area contributed by atoms with E-state index in [-0.39, 0.29) is 6.09 Å². The summed E-state index contributed by atoms with van der Waals surface area (Å²) < 4.78 is 5.43. The highest BCUT2D eigenvalue weighted by Gasteiger charge is 2.31. The van der Waals surface area contributed by atoms with E-state index in [1.54, 1.807) is 18.7 Å². The van der Waals surface area contributed by atoms with Crippen LogP contribution in [0.25, 0.3) is 0 Å². The van der Waals surface area contributed by atoms with E-state index in [9.17, 15) is 14.7 Å². The first-order valence-electron chi connectivity index (χ1n) is 7.85. The van der Waals surface area contributed by atoms with Gasteiger partial charge in [0.05, 0.1) is 11.1 Å². The second kappa shape index (κ2) is 5.87. The van der Waals surface area contributed by atoms with Crippen molar-refractivity contribution < 1.29 is 19.4 Å². The molecule has 0 spiro atoms. The highest BCUT2D eigenvalue weighted by atomic mass is 16.6. The lowest BCUT2D eigenvalue weighted by Gasteiger charge is -2.25. The van der Waals surface area contributed by atoms with Crippen LogP contribution in [0.2, 0.25) is 0 Å². The number of amides is 1. The molecule has 126 valence electrons. The van der Waals surface area contributed by atoms with Crippen LogP contribution in [0.1, 0.15) is 45.7 Å². The Balaban J connectivity index is 2.18. The van der Waals surface area contributed by atoms with E-state index in [2.05, 4.69) is 0 Å². The first-order valence-corrected chi connectivity index (χ1v) is 7.85. The van der Waals surface area contributed by atoms with Crippen molar-refractivity contribution in [1.82, 2.24) is 0 Å². The third kappa shape index (κ3) is 4.03. The Bertz CT molecular complexity index is 628. The summed E-state index contributed by atoms with van der Waals surface area (Å²) >= 11 is 0. The molecular weight excluding hydrogens is 294 g/mol. The van der Waals surface area contributed by atoms with E-state index in [0.717, 1.165) is 23.2 Å². The predicted molar refractivity (Wildman–Crippen MR) is 88.8 cm³/mol. The van der Waals surface area contributed by atoms with Crippen molar-refractivity contribution in [2.45, 2.75) is 53.1 Å². The van der Waals surface area contributed by atoms with Gasteiger partial charge in [-0.05, 0) is 64.7 Å². The van der Waals surface area contributed by atoms with E-state index in [1.165, 1.54) is 0 Å². The molecule has 1 aliphatic heterocycles. The van der Waals surface area contributed by atoms with E-state index < -0.39 is 17.0 Å². The fraction of sp³-hybridized carbons (Fsp3) is 0.556. The number of rotatable bonds is 3. The summed E-state index contributed by atoms with van der Waals surface area (Å²) in [6, 6.07) is 5.79. The Kier molecular flexibility index (Phi) is 4.42. The Morgan fingerprint density at radius 2 is 1.87 bits per heavy atom. The van der Waals surface area contributed by atoms with Gasteiger partial charge in [0, 0.05) is 6.54 Å². The fourth-order valence-electron chi connectivity index (χ4n) is 2.66. The lowest BCUT2D eigenvalue weighted by atomic mass is 9.85. The average Bonchev–Trinajstić information content (AvgIpc) is 2.79. The number of benzene rings is 1. The molecule has 0 aliphatic carbocycles. The number of nitrogens with zero attached hydrogens (tertiary/aromatic N) is 1. The van der Waals surface area contributed by atoms with Crippen LogP contribution in [-0.4, -0.2) is 29.3 Å². The number of hydrogen-bond donors (Lipinski definition) is 1. The first kappa shape index (κ1) is 17.3. The predicted octanol–water partition coefficient (Wildman–Crippen LogP) is 3.64. The Morgan fingerprint density at radius 3 is 2.43 bits per heavy atom. The quantitative estimate of drug-likeness (QED) is 0.923. The normalized spacial score (nSPS) is 14.6. The molecule has 0 saturated heterocycles. The molecule has 1 aromatic carbocycles. The maximum absolute atomic E-state index is 12.3. The number of fused-ring (bicyclic) bond motifs is 1. The minimum atomic E-state index is -0.812. The number of carboxylic acids is 1. The lowest BCUT2D eigenvalue weighted by Crippen LogP contribution is -2.35. The summed E-state index contributed by atoms with van der Waals surface area (Å²) in [7, 11) is 0. The smallest absolute Gasteiger partial charge is 0.414 e.